The van der Waals surface area contributed by atoms with E-state index in [-0.39, 0.29) is 0 Å². The molecule has 0 aliphatic heterocycles. The van der Waals surface area contributed by atoms with Gasteiger partial charge in [-0.2, -0.15) is 11.3 Å². The fourth-order valence-corrected chi connectivity index (χ4v) is 2.48. The third kappa shape index (κ3) is 3.09. The van der Waals surface area contributed by atoms with Gasteiger partial charge in [-0.3, -0.25) is 0 Å². The molecule has 0 bridgehead atoms. The van der Waals surface area contributed by atoms with Crippen LogP contribution in [0.4, 0.5) is 5.82 Å². The molecule has 0 aliphatic carbocycles. The average molecular weight is 261 g/mol. The Hall–Kier alpha value is -1.39. The smallest absolute Gasteiger partial charge is 0.128 e. The zero-order valence-corrected chi connectivity index (χ0v) is 11.9. The summed E-state index contributed by atoms with van der Waals surface area (Å²) in [6.45, 7) is 3.05. The van der Waals surface area contributed by atoms with Crippen LogP contribution in [-0.2, 0) is 6.54 Å². The van der Waals surface area contributed by atoms with Crippen LogP contribution < -0.4 is 10.2 Å². The van der Waals surface area contributed by atoms with Gasteiger partial charge in [-0.1, -0.05) is 0 Å². The van der Waals surface area contributed by atoms with Crippen LogP contribution in [0.5, 0.6) is 0 Å². The molecule has 0 aliphatic rings. The molecule has 18 heavy (non-hydrogen) atoms. The van der Waals surface area contributed by atoms with Crippen molar-refractivity contribution < 1.29 is 0 Å². The number of thiophene rings is 1. The Bertz CT molecular complexity index is 482. The molecule has 0 fully saturated rings. The molecule has 0 saturated carbocycles. The molecule has 96 valence electrons. The zero-order chi connectivity index (χ0) is 13.0. The second-order valence-corrected chi connectivity index (χ2v) is 5.23. The van der Waals surface area contributed by atoms with Gasteiger partial charge in [0, 0.05) is 25.8 Å². The third-order valence-corrected chi connectivity index (χ3v) is 3.83. The lowest BCUT2D eigenvalue weighted by molar-refractivity contribution is 0.651. The van der Waals surface area contributed by atoms with E-state index in [1.165, 1.54) is 11.1 Å². The number of nitrogens with one attached hydrogen (secondary N) is 1. The number of nitrogens with zero attached hydrogens (tertiary/aromatic N) is 2. The molecule has 0 saturated heterocycles. The van der Waals surface area contributed by atoms with Crippen molar-refractivity contribution in [2.45, 2.75) is 19.5 Å². The van der Waals surface area contributed by atoms with E-state index in [1.807, 2.05) is 13.2 Å². The second kappa shape index (κ2) is 5.98. The SMILES string of the molecule is CNC(C)c1ccnc(N(C)Cc2ccsc2)c1. The Morgan fingerprint density at radius 3 is 2.94 bits per heavy atom. The molecule has 2 rings (SSSR count). The maximum atomic E-state index is 4.44. The molecule has 1 N–H and O–H groups in total. The van der Waals surface area contributed by atoms with Crippen molar-refractivity contribution >= 4 is 17.2 Å². The normalized spacial score (nSPS) is 12.4. The van der Waals surface area contributed by atoms with Crippen molar-refractivity contribution in [2.75, 3.05) is 19.0 Å². The lowest BCUT2D eigenvalue weighted by Gasteiger charge is -2.19. The summed E-state index contributed by atoms with van der Waals surface area (Å²) < 4.78 is 0. The van der Waals surface area contributed by atoms with Gasteiger partial charge in [-0.15, -0.1) is 0 Å². The minimum absolute atomic E-state index is 0.348. The Kier molecular flexibility index (Phi) is 4.33. The first kappa shape index (κ1) is 13.1. The molecule has 0 radical (unpaired) electrons. The van der Waals surface area contributed by atoms with Crippen molar-refractivity contribution in [3.63, 3.8) is 0 Å². The molecule has 2 aromatic heterocycles. The Morgan fingerprint density at radius 2 is 2.28 bits per heavy atom. The lowest BCUT2D eigenvalue weighted by Crippen LogP contribution is -2.18. The van der Waals surface area contributed by atoms with Gasteiger partial charge in [0.15, 0.2) is 0 Å². The van der Waals surface area contributed by atoms with Gasteiger partial charge >= 0.3 is 0 Å². The van der Waals surface area contributed by atoms with Gasteiger partial charge in [-0.05, 0) is 54.1 Å². The molecule has 4 heteroatoms. The fourth-order valence-electron chi connectivity index (χ4n) is 1.82. The predicted molar refractivity (Wildman–Crippen MR) is 78.1 cm³/mol. The highest BCUT2D eigenvalue weighted by atomic mass is 32.1. The van der Waals surface area contributed by atoms with Crippen LogP contribution in [0.2, 0.25) is 0 Å². The van der Waals surface area contributed by atoms with Crippen LogP contribution >= 0.6 is 11.3 Å². The van der Waals surface area contributed by atoms with Crippen LogP contribution in [0.15, 0.2) is 35.2 Å². The summed E-state index contributed by atoms with van der Waals surface area (Å²) in [5, 5.41) is 7.53. The first-order valence-electron chi connectivity index (χ1n) is 6.06. The zero-order valence-electron chi connectivity index (χ0n) is 11.1. The molecule has 0 spiro atoms. The number of hydrogen-bond acceptors (Lipinski definition) is 4. The fraction of sp³-hybridized carbons (Fsp3) is 0.357. The van der Waals surface area contributed by atoms with Crippen molar-refractivity contribution in [2.24, 2.45) is 0 Å². The van der Waals surface area contributed by atoms with Crippen molar-refractivity contribution in [1.29, 1.82) is 0 Å². The number of rotatable bonds is 5. The third-order valence-electron chi connectivity index (χ3n) is 3.09. The number of pyridine rings is 1. The summed E-state index contributed by atoms with van der Waals surface area (Å²) >= 11 is 1.73. The monoisotopic (exact) mass is 261 g/mol. The first-order chi connectivity index (χ1) is 8.70. The highest BCUT2D eigenvalue weighted by Gasteiger charge is 2.07. The van der Waals surface area contributed by atoms with Crippen molar-refractivity contribution in [1.82, 2.24) is 10.3 Å². The highest BCUT2D eigenvalue weighted by Crippen LogP contribution is 2.19. The Balaban J connectivity index is 2.12. The molecular formula is C14H19N3S. The molecular weight excluding hydrogens is 242 g/mol. The summed E-state index contributed by atoms with van der Waals surface area (Å²) in [6, 6.07) is 6.71. The van der Waals surface area contributed by atoms with Gasteiger partial charge in [0.25, 0.3) is 0 Å². The van der Waals surface area contributed by atoms with E-state index in [0.29, 0.717) is 6.04 Å². The standard InChI is InChI=1S/C14H19N3S/c1-11(15-2)13-4-6-16-14(8-13)17(3)9-12-5-7-18-10-12/h4-8,10-11,15H,9H2,1-3H3. The highest BCUT2D eigenvalue weighted by molar-refractivity contribution is 7.07. The van der Waals surface area contributed by atoms with Gasteiger partial charge in [-0.25, -0.2) is 4.98 Å². The summed E-state index contributed by atoms with van der Waals surface area (Å²) in [4.78, 5) is 6.61. The van der Waals surface area contributed by atoms with Crippen LogP contribution in [0, 0.1) is 0 Å². The molecule has 2 aromatic rings. The molecule has 0 aromatic carbocycles. The molecule has 3 nitrogen and oxygen atoms in total. The van der Waals surface area contributed by atoms with E-state index >= 15 is 0 Å². The van der Waals surface area contributed by atoms with E-state index in [9.17, 15) is 0 Å². The maximum absolute atomic E-state index is 4.44. The summed E-state index contributed by atoms with van der Waals surface area (Å²) in [7, 11) is 4.05. The van der Waals surface area contributed by atoms with E-state index in [4.69, 9.17) is 0 Å². The average Bonchev–Trinajstić information content (AvgIpc) is 2.90. The Labute approximate surface area is 112 Å². The van der Waals surface area contributed by atoms with Crippen molar-refractivity contribution in [3.05, 3.63) is 46.3 Å². The summed E-state index contributed by atoms with van der Waals surface area (Å²) in [5.74, 6) is 1.01. The van der Waals surface area contributed by atoms with Crippen LogP contribution in [0.3, 0.4) is 0 Å². The largest absolute Gasteiger partial charge is 0.355 e. The molecule has 1 unspecified atom stereocenters. The molecule has 0 amide bonds. The lowest BCUT2D eigenvalue weighted by atomic mass is 10.1. The van der Waals surface area contributed by atoms with Gasteiger partial charge in [0.2, 0.25) is 0 Å². The number of aromatic nitrogens is 1. The summed E-state index contributed by atoms with van der Waals surface area (Å²) in [6.07, 6.45) is 1.88. The first-order valence-corrected chi connectivity index (χ1v) is 7.00. The van der Waals surface area contributed by atoms with Crippen LogP contribution in [0.25, 0.3) is 0 Å². The molecule has 1 atom stereocenters. The van der Waals surface area contributed by atoms with Crippen LogP contribution in [0.1, 0.15) is 24.1 Å². The summed E-state index contributed by atoms with van der Waals surface area (Å²) in [5.41, 5.74) is 2.59. The minimum atomic E-state index is 0.348. The topological polar surface area (TPSA) is 28.2 Å². The number of anilines is 1. The Morgan fingerprint density at radius 1 is 1.44 bits per heavy atom. The number of hydrogen-bond donors (Lipinski definition) is 1. The van der Waals surface area contributed by atoms with Crippen LogP contribution in [-0.4, -0.2) is 19.1 Å². The second-order valence-electron chi connectivity index (χ2n) is 4.45. The van der Waals surface area contributed by atoms with Gasteiger partial charge < -0.3 is 10.2 Å². The van der Waals surface area contributed by atoms with E-state index in [0.717, 1.165) is 12.4 Å². The maximum Gasteiger partial charge on any atom is 0.128 e. The van der Waals surface area contributed by atoms with Gasteiger partial charge in [0.1, 0.15) is 5.82 Å². The molecule has 2 heterocycles. The van der Waals surface area contributed by atoms with E-state index in [1.54, 1.807) is 11.3 Å². The van der Waals surface area contributed by atoms with Crippen molar-refractivity contribution in [3.8, 4) is 0 Å². The quantitative estimate of drug-likeness (QED) is 0.896. The minimum Gasteiger partial charge on any atom is -0.355 e. The van der Waals surface area contributed by atoms with E-state index in [2.05, 4.69) is 58.1 Å². The van der Waals surface area contributed by atoms with Gasteiger partial charge in [0.05, 0.1) is 0 Å². The predicted octanol–water partition coefficient (Wildman–Crippen LogP) is 3.06. The van der Waals surface area contributed by atoms with E-state index < -0.39 is 0 Å².